The van der Waals surface area contributed by atoms with Crippen LogP contribution in [0.2, 0.25) is 0 Å². The van der Waals surface area contributed by atoms with Crippen molar-refractivity contribution in [2.75, 3.05) is 33.4 Å². The average molecular weight is 430 g/mol. The molecule has 0 aromatic carbocycles. The van der Waals surface area contributed by atoms with Crippen LogP contribution in [0, 0.1) is 5.41 Å². The molecule has 31 heavy (non-hydrogen) atoms. The molecule has 9 nitrogen and oxygen atoms in total. The summed E-state index contributed by atoms with van der Waals surface area (Å²) in [6.07, 6.45) is 2.43. The molecule has 1 N–H and O–H groups in total. The quantitative estimate of drug-likeness (QED) is 0.793. The fourth-order valence-corrected chi connectivity index (χ4v) is 4.53. The summed E-state index contributed by atoms with van der Waals surface area (Å²) in [6, 6.07) is 1.93. The molecule has 2 aromatic heterocycles. The summed E-state index contributed by atoms with van der Waals surface area (Å²) in [6.45, 7) is 8.01. The van der Waals surface area contributed by atoms with Gasteiger partial charge in [0.2, 0.25) is 11.8 Å². The molecular formula is C22H31N5O4. The van der Waals surface area contributed by atoms with E-state index in [2.05, 4.69) is 5.10 Å². The van der Waals surface area contributed by atoms with Crippen LogP contribution in [-0.2, 0) is 27.3 Å². The van der Waals surface area contributed by atoms with E-state index < -0.39 is 5.41 Å². The minimum Gasteiger partial charge on any atom is -0.375 e. The van der Waals surface area contributed by atoms with Crippen molar-refractivity contribution in [3.05, 3.63) is 33.4 Å². The third-order valence-electron chi connectivity index (χ3n) is 6.19. The summed E-state index contributed by atoms with van der Waals surface area (Å²) in [7, 11) is 1.48. The Labute approximate surface area is 181 Å². The van der Waals surface area contributed by atoms with Gasteiger partial charge in [-0.2, -0.15) is 0 Å². The second-order valence-electron chi connectivity index (χ2n) is 9.59. The third-order valence-corrected chi connectivity index (χ3v) is 6.19. The summed E-state index contributed by atoms with van der Waals surface area (Å²) in [4.78, 5) is 46.4. The maximum absolute atomic E-state index is 13.2. The van der Waals surface area contributed by atoms with E-state index >= 15 is 0 Å². The molecule has 2 aromatic rings. The van der Waals surface area contributed by atoms with E-state index in [0.29, 0.717) is 30.7 Å². The third kappa shape index (κ3) is 4.11. The second kappa shape index (κ2) is 8.11. The van der Waals surface area contributed by atoms with Crippen molar-refractivity contribution in [3.8, 4) is 0 Å². The molecular weight excluding hydrogens is 398 g/mol. The van der Waals surface area contributed by atoms with Gasteiger partial charge in [0.25, 0.3) is 5.56 Å². The Balaban J connectivity index is 1.61. The fraction of sp³-hybridized carbons (Fsp3) is 0.636. The van der Waals surface area contributed by atoms with E-state index in [9.17, 15) is 14.4 Å². The molecule has 0 bridgehead atoms. The zero-order valence-corrected chi connectivity index (χ0v) is 18.7. The van der Waals surface area contributed by atoms with Crippen LogP contribution in [0.25, 0.3) is 5.65 Å². The zero-order chi connectivity index (χ0) is 22.3. The van der Waals surface area contributed by atoms with Gasteiger partial charge in [0.05, 0.1) is 17.8 Å². The highest BCUT2D eigenvalue weighted by atomic mass is 16.5. The number of nitrogens with one attached hydrogen (secondary N) is 1. The number of hydrogen-bond donors (Lipinski definition) is 1. The minimum atomic E-state index is -0.411. The van der Waals surface area contributed by atoms with E-state index in [-0.39, 0.29) is 36.4 Å². The number of carbonyl (C=O) groups is 2. The topological polar surface area (TPSA) is 100 Å². The van der Waals surface area contributed by atoms with Gasteiger partial charge in [-0.05, 0) is 12.8 Å². The number of hydrogen-bond acceptors (Lipinski definition) is 5. The number of carbonyl (C=O) groups excluding carboxylic acids is 2. The first-order valence-corrected chi connectivity index (χ1v) is 10.9. The van der Waals surface area contributed by atoms with Gasteiger partial charge in [-0.15, -0.1) is 0 Å². The van der Waals surface area contributed by atoms with Crippen molar-refractivity contribution in [3.63, 3.8) is 0 Å². The van der Waals surface area contributed by atoms with E-state index in [0.717, 1.165) is 30.8 Å². The molecule has 4 heterocycles. The first-order valence-electron chi connectivity index (χ1n) is 10.9. The van der Waals surface area contributed by atoms with E-state index in [1.807, 2.05) is 31.7 Å². The molecule has 9 heteroatoms. The predicted molar refractivity (Wildman–Crippen MR) is 115 cm³/mol. The Bertz CT molecular complexity index is 1060. The van der Waals surface area contributed by atoms with Crippen molar-refractivity contribution in [2.24, 2.45) is 5.41 Å². The molecule has 0 spiro atoms. The van der Waals surface area contributed by atoms with Gasteiger partial charge in [0.15, 0.2) is 5.65 Å². The lowest BCUT2D eigenvalue weighted by atomic mass is 9.90. The van der Waals surface area contributed by atoms with E-state index in [1.54, 1.807) is 4.90 Å². The number of fused-ring (bicyclic) bond motifs is 2. The molecule has 0 aliphatic carbocycles. The Morgan fingerprint density at radius 3 is 2.74 bits per heavy atom. The van der Waals surface area contributed by atoms with Crippen molar-refractivity contribution in [1.82, 2.24) is 24.4 Å². The number of likely N-dealkylation sites (tertiary alicyclic amines) is 1. The Kier molecular flexibility index (Phi) is 5.63. The molecule has 2 amide bonds. The number of aromatic amines is 1. The lowest BCUT2D eigenvalue weighted by Gasteiger charge is -2.36. The number of methoxy groups -OCH3 is 1. The molecule has 2 aliphatic rings. The molecule has 168 valence electrons. The Morgan fingerprint density at radius 2 is 2.03 bits per heavy atom. The highest BCUT2D eigenvalue weighted by molar-refractivity contribution is 5.81. The smallest absolute Gasteiger partial charge is 0.277 e. The average Bonchev–Trinajstić information content (AvgIpc) is 3.17. The summed E-state index contributed by atoms with van der Waals surface area (Å²) < 4.78 is 6.41. The number of ether oxygens (including phenoxy) is 1. The monoisotopic (exact) mass is 429 g/mol. The van der Waals surface area contributed by atoms with Crippen LogP contribution in [0.3, 0.4) is 0 Å². The molecule has 0 saturated carbocycles. The van der Waals surface area contributed by atoms with E-state index in [1.165, 1.54) is 11.6 Å². The Morgan fingerprint density at radius 1 is 1.26 bits per heavy atom. The molecule has 0 radical (unpaired) electrons. The highest BCUT2D eigenvalue weighted by Gasteiger charge is 2.32. The molecule has 1 atom stereocenters. The normalized spacial score (nSPS) is 19.5. The van der Waals surface area contributed by atoms with Gasteiger partial charge in [-0.1, -0.05) is 20.8 Å². The van der Waals surface area contributed by atoms with Gasteiger partial charge < -0.3 is 14.5 Å². The van der Waals surface area contributed by atoms with Crippen molar-refractivity contribution >= 4 is 17.5 Å². The lowest BCUT2D eigenvalue weighted by molar-refractivity contribution is -0.140. The first-order chi connectivity index (χ1) is 14.7. The van der Waals surface area contributed by atoms with Crippen LogP contribution in [0.5, 0.6) is 0 Å². The highest BCUT2D eigenvalue weighted by Crippen LogP contribution is 2.29. The lowest BCUT2D eigenvalue weighted by Crippen LogP contribution is -2.44. The SMILES string of the molecule is COCC(=O)N1CCc2nc3cc([C@H]4CCCN(C(=O)C(C)(C)C)C4)[nH]n3c(=O)c2C1. The van der Waals surface area contributed by atoms with Crippen LogP contribution in [0.4, 0.5) is 0 Å². The molecule has 0 unspecified atom stereocenters. The molecule has 4 rings (SSSR count). The van der Waals surface area contributed by atoms with Crippen molar-refractivity contribution in [2.45, 2.75) is 52.5 Å². The Hall–Kier alpha value is -2.68. The van der Waals surface area contributed by atoms with Gasteiger partial charge in [0, 0.05) is 56.3 Å². The number of amides is 2. The number of aromatic nitrogens is 3. The van der Waals surface area contributed by atoms with Crippen molar-refractivity contribution < 1.29 is 14.3 Å². The largest absolute Gasteiger partial charge is 0.375 e. The van der Waals surface area contributed by atoms with Crippen LogP contribution >= 0.6 is 0 Å². The number of H-pyrrole nitrogens is 1. The van der Waals surface area contributed by atoms with Gasteiger partial charge in [0.1, 0.15) is 6.61 Å². The number of rotatable bonds is 3. The molecule has 1 saturated heterocycles. The molecule has 2 aliphatic heterocycles. The van der Waals surface area contributed by atoms with Crippen molar-refractivity contribution in [1.29, 1.82) is 0 Å². The fourth-order valence-electron chi connectivity index (χ4n) is 4.53. The first kappa shape index (κ1) is 21.5. The summed E-state index contributed by atoms with van der Waals surface area (Å²) in [5.74, 6) is 0.161. The summed E-state index contributed by atoms with van der Waals surface area (Å²) >= 11 is 0. The number of piperidine rings is 1. The van der Waals surface area contributed by atoms with Gasteiger partial charge in [-0.25, -0.2) is 9.50 Å². The van der Waals surface area contributed by atoms with Crippen LogP contribution in [0.1, 0.15) is 56.5 Å². The maximum atomic E-state index is 13.2. The van der Waals surface area contributed by atoms with Crippen LogP contribution in [-0.4, -0.2) is 69.6 Å². The van der Waals surface area contributed by atoms with Gasteiger partial charge >= 0.3 is 0 Å². The molecule has 1 fully saturated rings. The van der Waals surface area contributed by atoms with Crippen LogP contribution < -0.4 is 5.56 Å². The predicted octanol–water partition coefficient (Wildman–Crippen LogP) is 1.31. The van der Waals surface area contributed by atoms with Crippen LogP contribution in [0.15, 0.2) is 10.9 Å². The minimum absolute atomic E-state index is 0.00442. The maximum Gasteiger partial charge on any atom is 0.277 e. The summed E-state index contributed by atoms with van der Waals surface area (Å²) in [5.41, 5.74) is 2.24. The zero-order valence-electron chi connectivity index (χ0n) is 18.7. The van der Waals surface area contributed by atoms with Gasteiger partial charge in [-0.3, -0.25) is 19.5 Å². The summed E-state index contributed by atoms with van der Waals surface area (Å²) in [5, 5.41) is 3.23. The standard InChI is InChI=1S/C22H31N5O4/c1-22(2,3)21(30)26-8-5-6-14(11-26)17-10-18-23-16-7-9-25(19(28)13-31-4)12-15(16)20(29)27(18)24-17/h10,14,24H,5-9,11-13H2,1-4H3/t14-/m0/s1. The van der Waals surface area contributed by atoms with E-state index in [4.69, 9.17) is 9.72 Å². The number of nitrogens with zero attached hydrogens (tertiary/aromatic N) is 4. The second-order valence-corrected chi connectivity index (χ2v) is 9.59.